The summed E-state index contributed by atoms with van der Waals surface area (Å²) in [7, 11) is 0. The molecule has 2 aromatic carbocycles. The second kappa shape index (κ2) is 7.21. The van der Waals surface area contributed by atoms with E-state index < -0.39 is 0 Å². The minimum absolute atomic E-state index is 0.176. The number of nitrogens with zero attached hydrogens (tertiary/aromatic N) is 2. The van der Waals surface area contributed by atoms with Gasteiger partial charge in [0.2, 0.25) is 0 Å². The Morgan fingerprint density at radius 1 is 1.00 bits per heavy atom. The summed E-state index contributed by atoms with van der Waals surface area (Å²) in [5.74, 6) is -0.176. The van der Waals surface area contributed by atoms with E-state index in [-0.39, 0.29) is 5.91 Å². The molecule has 0 atom stereocenters. The van der Waals surface area contributed by atoms with Crippen LogP contribution in [0.3, 0.4) is 0 Å². The van der Waals surface area contributed by atoms with Gasteiger partial charge in [-0.3, -0.25) is 9.78 Å². The van der Waals surface area contributed by atoms with E-state index in [0.717, 1.165) is 16.7 Å². The van der Waals surface area contributed by atoms with Crippen molar-refractivity contribution in [1.82, 2.24) is 10.3 Å². The van der Waals surface area contributed by atoms with Crippen molar-refractivity contribution < 1.29 is 4.79 Å². The Morgan fingerprint density at radius 3 is 2.46 bits per heavy atom. The van der Waals surface area contributed by atoms with Crippen LogP contribution in [0.4, 0.5) is 0 Å². The van der Waals surface area contributed by atoms with E-state index in [1.165, 1.54) is 0 Å². The highest BCUT2D eigenvalue weighted by Gasteiger charge is 2.08. The maximum absolute atomic E-state index is 12.3. The number of aromatic nitrogens is 1. The van der Waals surface area contributed by atoms with Gasteiger partial charge in [0, 0.05) is 24.5 Å². The van der Waals surface area contributed by atoms with Crippen LogP contribution in [0.15, 0.2) is 73.1 Å². The molecule has 0 aliphatic rings. The Morgan fingerprint density at radius 2 is 1.75 bits per heavy atom. The van der Waals surface area contributed by atoms with Crippen molar-refractivity contribution in [2.75, 3.05) is 0 Å². The number of carbonyl (C=O) groups excluding carboxylic acids is 1. The number of hydrogen-bond acceptors (Lipinski definition) is 3. The molecule has 4 heteroatoms. The SMILES string of the molecule is N#Cc1ccc(CNC(=O)c2cncc(-c3ccccc3)c2)cc1. The summed E-state index contributed by atoms with van der Waals surface area (Å²) in [4.78, 5) is 16.5. The van der Waals surface area contributed by atoms with E-state index in [4.69, 9.17) is 5.26 Å². The minimum Gasteiger partial charge on any atom is -0.348 e. The van der Waals surface area contributed by atoms with Crippen LogP contribution in [0.1, 0.15) is 21.5 Å². The number of nitrogens with one attached hydrogen (secondary N) is 1. The Balaban J connectivity index is 1.70. The quantitative estimate of drug-likeness (QED) is 0.801. The van der Waals surface area contributed by atoms with Gasteiger partial charge in [0.15, 0.2) is 0 Å². The molecule has 0 aliphatic heterocycles. The molecule has 0 saturated heterocycles. The fourth-order valence-corrected chi connectivity index (χ4v) is 2.33. The van der Waals surface area contributed by atoms with Crippen LogP contribution in [0.5, 0.6) is 0 Å². The highest BCUT2D eigenvalue weighted by atomic mass is 16.1. The van der Waals surface area contributed by atoms with Crippen LogP contribution in [0.25, 0.3) is 11.1 Å². The number of benzene rings is 2. The fourth-order valence-electron chi connectivity index (χ4n) is 2.33. The predicted molar refractivity (Wildman–Crippen MR) is 92.0 cm³/mol. The van der Waals surface area contributed by atoms with E-state index in [1.54, 1.807) is 24.5 Å². The van der Waals surface area contributed by atoms with Gasteiger partial charge in [0.25, 0.3) is 5.91 Å². The average Bonchev–Trinajstić information content (AvgIpc) is 2.67. The molecular formula is C20H15N3O. The molecule has 1 aromatic heterocycles. The molecule has 24 heavy (non-hydrogen) atoms. The number of rotatable bonds is 4. The zero-order chi connectivity index (χ0) is 16.8. The molecule has 1 N–H and O–H groups in total. The van der Waals surface area contributed by atoms with Gasteiger partial charge < -0.3 is 5.32 Å². The molecular weight excluding hydrogens is 298 g/mol. The van der Waals surface area contributed by atoms with Gasteiger partial charge in [-0.1, -0.05) is 42.5 Å². The van der Waals surface area contributed by atoms with Gasteiger partial charge >= 0.3 is 0 Å². The van der Waals surface area contributed by atoms with Gasteiger partial charge in [0.05, 0.1) is 17.2 Å². The molecule has 0 aliphatic carbocycles. The minimum atomic E-state index is -0.176. The summed E-state index contributed by atoms with van der Waals surface area (Å²) in [6.07, 6.45) is 3.30. The summed E-state index contributed by atoms with van der Waals surface area (Å²) in [6, 6.07) is 20.8. The number of pyridine rings is 1. The van der Waals surface area contributed by atoms with Crippen LogP contribution in [-0.2, 0) is 6.54 Å². The lowest BCUT2D eigenvalue weighted by Crippen LogP contribution is -2.22. The Labute approximate surface area is 140 Å². The van der Waals surface area contributed by atoms with Gasteiger partial charge in [-0.05, 0) is 29.3 Å². The van der Waals surface area contributed by atoms with Crippen molar-refractivity contribution in [2.45, 2.75) is 6.54 Å². The lowest BCUT2D eigenvalue weighted by molar-refractivity contribution is 0.0950. The maximum atomic E-state index is 12.3. The van der Waals surface area contributed by atoms with E-state index in [2.05, 4.69) is 16.4 Å². The van der Waals surface area contributed by atoms with Gasteiger partial charge in [-0.15, -0.1) is 0 Å². The summed E-state index contributed by atoms with van der Waals surface area (Å²) in [5.41, 5.74) is 3.98. The molecule has 0 spiro atoms. The third-order valence-electron chi connectivity index (χ3n) is 3.64. The van der Waals surface area contributed by atoms with E-state index in [9.17, 15) is 4.79 Å². The van der Waals surface area contributed by atoms with Crippen LogP contribution < -0.4 is 5.32 Å². The molecule has 0 fully saturated rings. The van der Waals surface area contributed by atoms with Crippen LogP contribution >= 0.6 is 0 Å². The molecule has 0 unspecified atom stereocenters. The normalized spacial score (nSPS) is 9.96. The molecule has 1 amide bonds. The van der Waals surface area contributed by atoms with Gasteiger partial charge in [-0.2, -0.15) is 5.26 Å². The molecule has 1 heterocycles. The van der Waals surface area contributed by atoms with Crippen molar-refractivity contribution in [3.8, 4) is 17.2 Å². The van der Waals surface area contributed by atoms with Crippen LogP contribution in [0, 0.1) is 11.3 Å². The van der Waals surface area contributed by atoms with Crippen molar-refractivity contribution in [2.24, 2.45) is 0 Å². The number of carbonyl (C=O) groups is 1. The number of hydrogen-bond donors (Lipinski definition) is 1. The highest BCUT2D eigenvalue weighted by molar-refractivity contribution is 5.95. The first-order chi connectivity index (χ1) is 11.8. The molecule has 0 radical (unpaired) electrons. The monoisotopic (exact) mass is 313 g/mol. The largest absolute Gasteiger partial charge is 0.348 e. The van der Waals surface area contributed by atoms with Crippen molar-refractivity contribution in [3.05, 3.63) is 89.7 Å². The maximum Gasteiger partial charge on any atom is 0.253 e. The topological polar surface area (TPSA) is 65.8 Å². The van der Waals surface area contributed by atoms with E-state index >= 15 is 0 Å². The Kier molecular flexibility index (Phi) is 4.64. The van der Waals surface area contributed by atoms with Gasteiger partial charge in [0.1, 0.15) is 0 Å². The first-order valence-electron chi connectivity index (χ1n) is 7.54. The predicted octanol–water partition coefficient (Wildman–Crippen LogP) is 3.55. The Bertz CT molecular complexity index is 881. The number of amides is 1. The summed E-state index contributed by atoms with van der Waals surface area (Å²) < 4.78 is 0. The highest BCUT2D eigenvalue weighted by Crippen LogP contribution is 2.18. The molecule has 0 saturated carbocycles. The van der Waals surface area contributed by atoms with Gasteiger partial charge in [-0.25, -0.2) is 0 Å². The standard InChI is InChI=1S/C20H15N3O/c21-11-15-6-8-16(9-7-15)12-23-20(24)19-10-18(13-22-14-19)17-4-2-1-3-5-17/h1-10,13-14H,12H2,(H,23,24). The molecule has 4 nitrogen and oxygen atoms in total. The fraction of sp³-hybridized carbons (Fsp3) is 0.0500. The molecule has 3 rings (SSSR count). The number of nitriles is 1. The summed E-state index contributed by atoms with van der Waals surface area (Å²) in [5, 5.41) is 11.7. The van der Waals surface area contributed by atoms with Crippen LogP contribution in [0.2, 0.25) is 0 Å². The van der Waals surface area contributed by atoms with Crippen molar-refractivity contribution in [3.63, 3.8) is 0 Å². The lowest BCUT2D eigenvalue weighted by atomic mass is 10.1. The average molecular weight is 313 g/mol. The summed E-state index contributed by atoms with van der Waals surface area (Å²) >= 11 is 0. The second-order valence-electron chi connectivity index (χ2n) is 5.32. The molecule has 0 bridgehead atoms. The van der Waals surface area contributed by atoms with Crippen molar-refractivity contribution >= 4 is 5.91 Å². The molecule has 116 valence electrons. The van der Waals surface area contributed by atoms with E-state index in [0.29, 0.717) is 17.7 Å². The third kappa shape index (κ3) is 3.65. The zero-order valence-electron chi connectivity index (χ0n) is 12.9. The second-order valence-corrected chi connectivity index (χ2v) is 5.32. The molecule has 3 aromatic rings. The summed E-state index contributed by atoms with van der Waals surface area (Å²) in [6.45, 7) is 0.403. The van der Waals surface area contributed by atoms with Crippen molar-refractivity contribution in [1.29, 1.82) is 5.26 Å². The van der Waals surface area contributed by atoms with E-state index in [1.807, 2.05) is 48.5 Å². The van der Waals surface area contributed by atoms with Crippen LogP contribution in [-0.4, -0.2) is 10.9 Å². The first-order valence-corrected chi connectivity index (χ1v) is 7.54. The lowest BCUT2D eigenvalue weighted by Gasteiger charge is -2.07. The Hall–Kier alpha value is -3.45. The smallest absolute Gasteiger partial charge is 0.253 e. The first kappa shape index (κ1) is 15.4. The third-order valence-corrected chi connectivity index (χ3v) is 3.64. The zero-order valence-corrected chi connectivity index (χ0v) is 12.9.